The SMILES string of the molecule is CSCC[C@@H](NC(=O)CC(C)NC(=O)OCC1c2ccccc2-c2ccccc21)C(=O)O. The molecule has 8 heteroatoms. The predicted molar refractivity (Wildman–Crippen MR) is 125 cm³/mol. The fraction of sp³-hybridized carbons (Fsp3) is 0.375. The minimum absolute atomic E-state index is 0.0345. The van der Waals surface area contributed by atoms with Crippen LogP contribution in [0.1, 0.15) is 36.8 Å². The zero-order valence-electron chi connectivity index (χ0n) is 18.2. The van der Waals surface area contributed by atoms with Crippen molar-refractivity contribution in [2.45, 2.75) is 37.8 Å². The van der Waals surface area contributed by atoms with Gasteiger partial charge >= 0.3 is 12.1 Å². The molecule has 170 valence electrons. The first-order chi connectivity index (χ1) is 15.4. The number of benzene rings is 2. The van der Waals surface area contributed by atoms with Crippen molar-refractivity contribution in [2.75, 3.05) is 18.6 Å². The Bertz CT molecular complexity index is 935. The summed E-state index contributed by atoms with van der Waals surface area (Å²) in [6, 6.07) is 14.7. The predicted octanol–water partition coefficient (Wildman–Crippen LogP) is 3.63. The molecule has 1 aliphatic rings. The van der Waals surface area contributed by atoms with Crippen LogP contribution < -0.4 is 10.6 Å². The standard InChI is InChI=1S/C24H28N2O5S/c1-15(13-22(27)26-21(23(28)29)11-12-32-2)25-24(30)31-14-20-18-9-5-3-7-16(18)17-8-4-6-10-19(17)20/h3-10,15,20-21H,11-14H2,1-2H3,(H,25,30)(H,26,27)(H,28,29)/t15?,21-/m1/s1. The molecule has 3 N–H and O–H groups in total. The summed E-state index contributed by atoms with van der Waals surface area (Å²) in [5.41, 5.74) is 4.55. The Morgan fingerprint density at radius 2 is 1.62 bits per heavy atom. The number of carbonyl (C=O) groups excluding carboxylic acids is 2. The molecule has 0 spiro atoms. The molecule has 32 heavy (non-hydrogen) atoms. The molecule has 7 nitrogen and oxygen atoms in total. The van der Waals surface area contributed by atoms with Crippen molar-refractivity contribution in [3.63, 3.8) is 0 Å². The number of amides is 2. The van der Waals surface area contributed by atoms with Gasteiger partial charge in [0.1, 0.15) is 12.6 Å². The summed E-state index contributed by atoms with van der Waals surface area (Å²) in [4.78, 5) is 35.8. The Hall–Kier alpha value is -3.00. The maximum atomic E-state index is 12.3. The third-order valence-corrected chi connectivity index (χ3v) is 6.09. The van der Waals surface area contributed by atoms with Crippen LogP contribution in [0.3, 0.4) is 0 Å². The highest BCUT2D eigenvalue weighted by atomic mass is 32.2. The first kappa shape index (κ1) is 23.7. The van der Waals surface area contributed by atoms with E-state index in [1.807, 2.05) is 42.7 Å². The average Bonchev–Trinajstić information content (AvgIpc) is 3.08. The van der Waals surface area contributed by atoms with Gasteiger partial charge in [0.2, 0.25) is 5.91 Å². The van der Waals surface area contributed by atoms with Gasteiger partial charge in [0.25, 0.3) is 0 Å². The zero-order chi connectivity index (χ0) is 23.1. The quantitative estimate of drug-likeness (QED) is 0.504. The molecule has 1 unspecified atom stereocenters. The Morgan fingerprint density at radius 1 is 1.03 bits per heavy atom. The number of rotatable bonds is 10. The van der Waals surface area contributed by atoms with Crippen molar-refractivity contribution in [3.8, 4) is 11.1 Å². The lowest BCUT2D eigenvalue weighted by Crippen LogP contribution is -2.44. The lowest BCUT2D eigenvalue weighted by Gasteiger charge is -2.18. The summed E-state index contributed by atoms with van der Waals surface area (Å²) in [7, 11) is 0. The summed E-state index contributed by atoms with van der Waals surface area (Å²) in [6.07, 6.45) is 1.58. The number of carbonyl (C=O) groups is 3. The van der Waals surface area contributed by atoms with Gasteiger partial charge in [-0.2, -0.15) is 11.8 Å². The van der Waals surface area contributed by atoms with Crippen LogP contribution in [0, 0.1) is 0 Å². The highest BCUT2D eigenvalue weighted by Crippen LogP contribution is 2.44. The van der Waals surface area contributed by atoms with Gasteiger partial charge in [0.15, 0.2) is 0 Å². The van der Waals surface area contributed by atoms with Crippen LogP contribution in [0.5, 0.6) is 0 Å². The molecule has 0 fully saturated rings. The van der Waals surface area contributed by atoms with E-state index in [0.717, 1.165) is 22.3 Å². The Kier molecular flexibility index (Phi) is 8.16. The molecule has 0 saturated heterocycles. The van der Waals surface area contributed by atoms with E-state index in [0.29, 0.717) is 12.2 Å². The number of thioether (sulfide) groups is 1. The highest BCUT2D eigenvalue weighted by Gasteiger charge is 2.29. The fourth-order valence-corrected chi connectivity index (χ4v) is 4.39. The average molecular weight is 457 g/mol. The van der Waals surface area contributed by atoms with Crippen molar-refractivity contribution in [3.05, 3.63) is 59.7 Å². The molecule has 2 aromatic rings. The second-order valence-electron chi connectivity index (χ2n) is 7.81. The molecule has 2 aromatic carbocycles. The van der Waals surface area contributed by atoms with Crippen molar-refractivity contribution in [1.82, 2.24) is 10.6 Å². The lowest BCUT2D eigenvalue weighted by atomic mass is 9.98. The van der Waals surface area contributed by atoms with E-state index in [4.69, 9.17) is 4.74 Å². The van der Waals surface area contributed by atoms with Crippen LogP contribution in [-0.4, -0.2) is 53.8 Å². The van der Waals surface area contributed by atoms with Crippen LogP contribution in [0.25, 0.3) is 11.1 Å². The maximum absolute atomic E-state index is 12.3. The van der Waals surface area contributed by atoms with E-state index in [2.05, 4.69) is 22.8 Å². The van der Waals surface area contributed by atoms with E-state index >= 15 is 0 Å². The van der Waals surface area contributed by atoms with Gasteiger partial charge in [-0.15, -0.1) is 0 Å². The number of alkyl carbamates (subject to hydrolysis) is 1. The molecular formula is C24H28N2O5S. The van der Waals surface area contributed by atoms with E-state index in [9.17, 15) is 19.5 Å². The number of aliphatic carboxylic acids is 1. The maximum Gasteiger partial charge on any atom is 0.407 e. The molecule has 0 radical (unpaired) electrons. The number of hydrogen-bond donors (Lipinski definition) is 3. The number of hydrogen-bond acceptors (Lipinski definition) is 5. The van der Waals surface area contributed by atoms with E-state index in [1.54, 1.807) is 6.92 Å². The fourth-order valence-electron chi connectivity index (χ4n) is 3.92. The van der Waals surface area contributed by atoms with Crippen molar-refractivity contribution >= 4 is 29.7 Å². The number of ether oxygens (including phenoxy) is 1. The molecule has 0 saturated carbocycles. The van der Waals surface area contributed by atoms with Crippen LogP contribution in [-0.2, 0) is 14.3 Å². The third kappa shape index (κ3) is 5.82. The Balaban J connectivity index is 1.51. The van der Waals surface area contributed by atoms with Crippen LogP contribution in [0.15, 0.2) is 48.5 Å². The van der Waals surface area contributed by atoms with Gasteiger partial charge in [-0.25, -0.2) is 9.59 Å². The number of carboxylic acids is 1. The van der Waals surface area contributed by atoms with Gasteiger partial charge in [-0.1, -0.05) is 48.5 Å². The minimum atomic E-state index is -1.07. The normalized spacial score (nSPS) is 14.1. The molecule has 0 bridgehead atoms. The summed E-state index contributed by atoms with van der Waals surface area (Å²) < 4.78 is 5.49. The molecule has 0 aromatic heterocycles. The topological polar surface area (TPSA) is 105 Å². The van der Waals surface area contributed by atoms with Crippen molar-refractivity contribution in [2.24, 2.45) is 0 Å². The van der Waals surface area contributed by atoms with E-state index in [1.165, 1.54) is 11.8 Å². The van der Waals surface area contributed by atoms with Crippen LogP contribution >= 0.6 is 11.8 Å². The number of fused-ring (bicyclic) bond motifs is 3. The van der Waals surface area contributed by atoms with Crippen molar-refractivity contribution < 1.29 is 24.2 Å². The van der Waals surface area contributed by atoms with E-state index < -0.39 is 30.1 Å². The van der Waals surface area contributed by atoms with Gasteiger partial charge in [0, 0.05) is 18.4 Å². The van der Waals surface area contributed by atoms with Gasteiger partial charge in [-0.05, 0) is 47.6 Å². The second-order valence-corrected chi connectivity index (χ2v) is 8.80. The van der Waals surface area contributed by atoms with Crippen LogP contribution in [0.4, 0.5) is 4.79 Å². The van der Waals surface area contributed by atoms with Crippen LogP contribution in [0.2, 0.25) is 0 Å². The molecular weight excluding hydrogens is 428 g/mol. The molecule has 2 amide bonds. The van der Waals surface area contributed by atoms with Gasteiger partial charge in [-0.3, -0.25) is 4.79 Å². The summed E-state index contributed by atoms with van der Waals surface area (Å²) >= 11 is 1.52. The molecule has 2 atom stereocenters. The molecule has 0 heterocycles. The lowest BCUT2D eigenvalue weighted by molar-refractivity contribution is -0.141. The third-order valence-electron chi connectivity index (χ3n) is 5.44. The monoisotopic (exact) mass is 456 g/mol. The number of carboxylic acid groups (broad SMARTS) is 1. The summed E-state index contributed by atoms with van der Waals surface area (Å²) in [6.45, 7) is 1.87. The minimum Gasteiger partial charge on any atom is -0.480 e. The molecule has 0 aliphatic heterocycles. The molecule has 1 aliphatic carbocycles. The Labute approximate surface area is 191 Å². The van der Waals surface area contributed by atoms with Crippen molar-refractivity contribution in [1.29, 1.82) is 0 Å². The number of nitrogens with one attached hydrogen (secondary N) is 2. The highest BCUT2D eigenvalue weighted by molar-refractivity contribution is 7.98. The largest absolute Gasteiger partial charge is 0.480 e. The first-order valence-corrected chi connectivity index (χ1v) is 11.9. The first-order valence-electron chi connectivity index (χ1n) is 10.5. The molecule has 3 rings (SSSR count). The Morgan fingerprint density at radius 3 is 2.19 bits per heavy atom. The second kappa shape index (κ2) is 11.0. The van der Waals surface area contributed by atoms with Gasteiger partial charge < -0.3 is 20.5 Å². The smallest absolute Gasteiger partial charge is 0.407 e. The summed E-state index contributed by atoms with van der Waals surface area (Å²) in [5.74, 6) is -0.904. The summed E-state index contributed by atoms with van der Waals surface area (Å²) in [5, 5.41) is 14.4. The van der Waals surface area contributed by atoms with E-state index in [-0.39, 0.29) is 18.9 Å². The zero-order valence-corrected chi connectivity index (χ0v) is 19.0. The van der Waals surface area contributed by atoms with Gasteiger partial charge in [0.05, 0.1) is 0 Å².